The molecule has 0 spiro atoms. The van der Waals surface area contributed by atoms with Crippen molar-refractivity contribution in [2.45, 2.75) is 65.1 Å². The highest BCUT2D eigenvalue weighted by atomic mass is 32.1. The second-order valence-electron chi connectivity index (χ2n) is 5.56. The normalized spacial score (nSPS) is 20.8. The molecule has 0 saturated carbocycles. The Labute approximate surface area is 122 Å². The van der Waals surface area contributed by atoms with Gasteiger partial charge in [-0.25, -0.2) is 0 Å². The zero-order valence-corrected chi connectivity index (χ0v) is 13.3. The Hall–Kier alpha value is -0.380. The van der Waals surface area contributed by atoms with Gasteiger partial charge >= 0.3 is 0 Å². The maximum Gasteiger partial charge on any atom is 0.0330 e. The average molecular weight is 280 g/mol. The second kappa shape index (κ2) is 8.03. The minimum Gasteiger partial charge on any atom is -0.312 e. The Morgan fingerprint density at radius 2 is 2.11 bits per heavy atom. The van der Waals surface area contributed by atoms with Crippen LogP contribution in [0, 0.1) is 0 Å². The first kappa shape index (κ1) is 15.0. The number of rotatable bonds is 7. The average Bonchev–Trinajstić information content (AvgIpc) is 2.87. The van der Waals surface area contributed by atoms with E-state index in [9.17, 15) is 0 Å². The van der Waals surface area contributed by atoms with Gasteiger partial charge in [0.2, 0.25) is 0 Å². The molecule has 1 fully saturated rings. The van der Waals surface area contributed by atoms with Crippen LogP contribution in [0.2, 0.25) is 0 Å². The Kier molecular flexibility index (Phi) is 6.35. The Morgan fingerprint density at radius 1 is 1.26 bits per heavy atom. The maximum atomic E-state index is 3.41. The SMILES string of the molecule is CCCC1CCCCN1Cc1ccc(CNCC)s1. The van der Waals surface area contributed by atoms with Crippen molar-refractivity contribution in [3.8, 4) is 0 Å². The van der Waals surface area contributed by atoms with Crippen LogP contribution in [-0.4, -0.2) is 24.0 Å². The van der Waals surface area contributed by atoms with Crippen molar-refractivity contribution in [2.75, 3.05) is 13.1 Å². The van der Waals surface area contributed by atoms with Gasteiger partial charge in [0.15, 0.2) is 0 Å². The number of piperidine rings is 1. The van der Waals surface area contributed by atoms with E-state index in [1.54, 1.807) is 0 Å². The molecule has 2 heterocycles. The minimum atomic E-state index is 0.832. The number of hydrogen-bond donors (Lipinski definition) is 1. The molecule has 0 amide bonds. The molecule has 3 heteroatoms. The van der Waals surface area contributed by atoms with Crippen molar-refractivity contribution in [3.63, 3.8) is 0 Å². The standard InChI is InChI=1S/C16H28N2S/c1-3-7-14-8-5-6-11-18(14)13-16-10-9-15(19-16)12-17-4-2/h9-10,14,17H,3-8,11-13H2,1-2H3. The lowest BCUT2D eigenvalue weighted by molar-refractivity contribution is 0.133. The predicted molar refractivity (Wildman–Crippen MR) is 84.7 cm³/mol. The van der Waals surface area contributed by atoms with Gasteiger partial charge in [-0.2, -0.15) is 0 Å². The van der Waals surface area contributed by atoms with Gasteiger partial charge < -0.3 is 5.32 Å². The van der Waals surface area contributed by atoms with Crippen LogP contribution in [0.1, 0.15) is 55.7 Å². The van der Waals surface area contributed by atoms with Crippen LogP contribution >= 0.6 is 11.3 Å². The van der Waals surface area contributed by atoms with E-state index in [0.717, 1.165) is 19.1 Å². The second-order valence-corrected chi connectivity index (χ2v) is 6.81. The van der Waals surface area contributed by atoms with Crippen LogP contribution in [0.5, 0.6) is 0 Å². The molecule has 1 aromatic heterocycles. The fourth-order valence-electron chi connectivity index (χ4n) is 2.98. The van der Waals surface area contributed by atoms with Crippen LogP contribution in [0.4, 0.5) is 0 Å². The lowest BCUT2D eigenvalue weighted by atomic mass is 9.98. The Balaban J connectivity index is 1.89. The molecule has 1 aromatic rings. The van der Waals surface area contributed by atoms with Crippen molar-refractivity contribution < 1.29 is 0 Å². The van der Waals surface area contributed by atoms with E-state index in [2.05, 4.69) is 36.2 Å². The number of nitrogens with one attached hydrogen (secondary N) is 1. The van der Waals surface area contributed by atoms with E-state index >= 15 is 0 Å². The number of thiophene rings is 1. The maximum absolute atomic E-state index is 3.41. The van der Waals surface area contributed by atoms with Crippen molar-refractivity contribution in [1.29, 1.82) is 0 Å². The van der Waals surface area contributed by atoms with Crippen LogP contribution in [0.25, 0.3) is 0 Å². The van der Waals surface area contributed by atoms with Crippen molar-refractivity contribution in [1.82, 2.24) is 10.2 Å². The molecule has 0 aromatic carbocycles. The fraction of sp³-hybridized carbons (Fsp3) is 0.750. The third-order valence-corrected chi connectivity index (χ3v) is 5.07. The third-order valence-electron chi connectivity index (χ3n) is 4.00. The Bertz CT molecular complexity index is 359. The van der Waals surface area contributed by atoms with Gasteiger partial charge in [-0.15, -0.1) is 11.3 Å². The topological polar surface area (TPSA) is 15.3 Å². The van der Waals surface area contributed by atoms with Gasteiger partial charge in [-0.05, 0) is 44.5 Å². The monoisotopic (exact) mass is 280 g/mol. The summed E-state index contributed by atoms with van der Waals surface area (Å²) in [6.07, 6.45) is 6.91. The highest BCUT2D eigenvalue weighted by Gasteiger charge is 2.21. The third kappa shape index (κ3) is 4.59. The van der Waals surface area contributed by atoms with E-state index in [0.29, 0.717) is 0 Å². The molecule has 1 atom stereocenters. The van der Waals surface area contributed by atoms with E-state index in [1.165, 1.54) is 54.9 Å². The van der Waals surface area contributed by atoms with Crippen molar-refractivity contribution in [3.05, 3.63) is 21.9 Å². The molecule has 108 valence electrons. The van der Waals surface area contributed by atoms with E-state index in [4.69, 9.17) is 0 Å². The Morgan fingerprint density at radius 3 is 2.89 bits per heavy atom. The first-order valence-corrected chi connectivity index (χ1v) is 8.67. The van der Waals surface area contributed by atoms with Gasteiger partial charge in [-0.3, -0.25) is 4.90 Å². The molecule has 1 saturated heterocycles. The lowest BCUT2D eigenvalue weighted by Gasteiger charge is -2.35. The molecular formula is C16H28N2S. The molecule has 0 aliphatic carbocycles. The zero-order valence-electron chi connectivity index (χ0n) is 12.5. The fourth-order valence-corrected chi connectivity index (χ4v) is 3.99. The van der Waals surface area contributed by atoms with E-state index in [1.807, 2.05) is 11.3 Å². The van der Waals surface area contributed by atoms with Crippen LogP contribution in [0.15, 0.2) is 12.1 Å². The molecule has 2 rings (SSSR count). The van der Waals surface area contributed by atoms with Gasteiger partial charge in [0.25, 0.3) is 0 Å². The van der Waals surface area contributed by atoms with Gasteiger partial charge in [-0.1, -0.05) is 26.7 Å². The van der Waals surface area contributed by atoms with Gasteiger partial charge in [0, 0.05) is 28.9 Å². The molecule has 1 N–H and O–H groups in total. The summed E-state index contributed by atoms with van der Waals surface area (Å²) in [5, 5.41) is 3.41. The summed E-state index contributed by atoms with van der Waals surface area (Å²) >= 11 is 1.98. The molecule has 1 unspecified atom stereocenters. The number of nitrogens with zero attached hydrogens (tertiary/aromatic N) is 1. The highest BCUT2D eigenvalue weighted by Crippen LogP contribution is 2.25. The van der Waals surface area contributed by atoms with E-state index in [-0.39, 0.29) is 0 Å². The summed E-state index contributed by atoms with van der Waals surface area (Å²) in [6.45, 7) is 9.02. The van der Waals surface area contributed by atoms with Gasteiger partial charge in [0.05, 0.1) is 0 Å². The van der Waals surface area contributed by atoms with Crippen molar-refractivity contribution in [2.24, 2.45) is 0 Å². The van der Waals surface area contributed by atoms with Crippen molar-refractivity contribution >= 4 is 11.3 Å². The summed E-state index contributed by atoms with van der Waals surface area (Å²) in [6, 6.07) is 5.45. The largest absolute Gasteiger partial charge is 0.312 e. The number of likely N-dealkylation sites (tertiary alicyclic amines) is 1. The van der Waals surface area contributed by atoms with Crippen LogP contribution in [0.3, 0.4) is 0 Å². The molecule has 1 aliphatic rings. The summed E-state index contributed by atoms with van der Waals surface area (Å²) in [5.74, 6) is 0. The number of hydrogen-bond acceptors (Lipinski definition) is 3. The minimum absolute atomic E-state index is 0.832. The summed E-state index contributed by atoms with van der Waals surface area (Å²) < 4.78 is 0. The first-order chi connectivity index (χ1) is 9.33. The predicted octanol–water partition coefficient (Wildman–Crippen LogP) is 4.01. The molecule has 0 radical (unpaired) electrons. The summed E-state index contributed by atoms with van der Waals surface area (Å²) in [7, 11) is 0. The molecule has 2 nitrogen and oxygen atoms in total. The smallest absolute Gasteiger partial charge is 0.0330 e. The lowest BCUT2D eigenvalue weighted by Crippen LogP contribution is -2.38. The molecule has 19 heavy (non-hydrogen) atoms. The molecule has 0 bridgehead atoms. The van der Waals surface area contributed by atoms with Crippen LogP contribution < -0.4 is 5.32 Å². The zero-order chi connectivity index (χ0) is 13.5. The molecule has 1 aliphatic heterocycles. The van der Waals surface area contributed by atoms with E-state index < -0.39 is 0 Å². The summed E-state index contributed by atoms with van der Waals surface area (Å²) in [4.78, 5) is 5.73. The first-order valence-electron chi connectivity index (χ1n) is 7.85. The van der Waals surface area contributed by atoms with Crippen LogP contribution in [-0.2, 0) is 13.1 Å². The van der Waals surface area contributed by atoms with Gasteiger partial charge in [0.1, 0.15) is 0 Å². The summed E-state index contributed by atoms with van der Waals surface area (Å²) in [5.41, 5.74) is 0. The highest BCUT2D eigenvalue weighted by molar-refractivity contribution is 7.11. The molecular weight excluding hydrogens is 252 g/mol. The quantitative estimate of drug-likeness (QED) is 0.812.